The summed E-state index contributed by atoms with van der Waals surface area (Å²) >= 11 is 0. The van der Waals surface area contributed by atoms with Crippen LogP contribution in [0, 0.1) is 0 Å². The number of methoxy groups -OCH3 is 1. The number of aromatic nitrogens is 1. The number of hydrazine groups is 1. The van der Waals surface area contributed by atoms with E-state index in [2.05, 4.69) is 20.7 Å². The quantitative estimate of drug-likeness (QED) is 0.208. The average molecular weight is 237 g/mol. The largest absolute Gasteiger partial charge is 0.383 e. The number of pyridine rings is 1. The lowest BCUT2D eigenvalue weighted by Gasteiger charge is -2.08. The molecule has 0 radical (unpaired) electrons. The standard InChI is InChI=1S/C11H19N5O/c1-17-9-8-15-11(16-12)14-7-4-10-2-5-13-6-3-10/h2-3,5-6H,4,7-9,12H2,1H3,(H2,14,15,16). The van der Waals surface area contributed by atoms with Gasteiger partial charge in [-0.05, 0) is 24.1 Å². The first-order valence-electron chi connectivity index (χ1n) is 5.49. The van der Waals surface area contributed by atoms with Crippen molar-refractivity contribution < 1.29 is 4.74 Å². The molecule has 0 aliphatic carbocycles. The van der Waals surface area contributed by atoms with E-state index in [1.54, 1.807) is 19.5 Å². The van der Waals surface area contributed by atoms with E-state index in [1.165, 1.54) is 5.56 Å². The summed E-state index contributed by atoms with van der Waals surface area (Å²) in [6.45, 7) is 1.93. The predicted octanol–water partition coefficient (Wildman–Crippen LogP) is -0.321. The number of hydrogen-bond acceptors (Lipinski definition) is 4. The van der Waals surface area contributed by atoms with Crippen LogP contribution in [-0.2, 0) is 11.2 Å². The Balaban J connectivity index is 2.26. The van der Waals surface area contributed by atoms with Crippen molar-refractivity contribution in [1.82, 2.24) is 15.7 Å². The third kappa shape index (κ3) is 5.84. The number of hydrogen-bond donors (Lipinski definition) is 3. The van der Waals surface area contributed by atoms with E-state index >= 15 is 0 Å². The molecule has 94 valence electrons. The minimum atomic E-state index is 0.580. The monoisotopic (exact) mass is 237 g/mol. The van der Waals surface area contributed by atoms with Crippen molar-refractivity contribution >= 4 is 5.96 Å². The number of aliphatic imine (C=N–C) groups is 1. The first-order chi connectivity index (χ1) is 8.36. The summed E-state index contributed by atoms with van der Waals surface area (Å²) < 4.78 is 4.90. The maximum absolute atomic E-state index is 5.34. The Morgan fingerprint density at radius 2 is 2.24 bits per heavy atom. The van der Waals surface area contributed by atoms with E-state index in [-0.39, 0.29) is 0 Å². The van der Waals surface area contributed by atoms with Crippen LogP contribution in [0.5, 0.6) is 0 Å². The molecule has 0 spiro atoms. The Bertz CT molecular complexity index is 328. The van der Waals surface area contributed by atoms with Crippen LogP contribution in [0.15, 0.2) is 29.5 Å². The molecule has 0 aromatic carbocycles. The molecular formula is C11H19N5O. The van der Waals surface area contributed by atoms with Crippen molar-refractivity contribution in [3.05, 3.63) is 30.1 Å². The zero-order valence-corrected chi connectivity index (χ0v) is 10.0. The van der Waals surface area contributed by atoms with Gasteiger partial charge in [0.25, 0.3) is 0 Å². The Morgan fingerprint density at radius 1 is 1.47 bits per heavy atom. The van der Waals surface area contributed by atoms with E-state index in [0.717, 1.165) is 13.0 Å². The van der Waals surface area contributed by atoms with Crippen LogP contribution < -0.4 is 16.6 Å². The number of rotatable bonds is 6. The zero-order chi connectivity index (χ0) is 12.3. The third-order valence-corrected chi connectivity index (χ3v) is 2.16. The molecule has 0 saturated heterocycles. The van der Waals surface area contributed by atoms with Crippen LogP contribution in [0.4, 0.5) is 0 Å². The number of nitrogens with two attached hydrogens (primary N) is 1. The molecule has 0 amide bonds. The predicted molar refractivity (Wildman–Crippen MR) is 67.4 cm³/mol. The van der Waals surface area contributed by atoms with Crippen molar-refractivity contribution in [3.8, 4) is 0 Å². The molecule has 0 bridgehead atoms. The van der Waals surface area contributed by atoms with Crippen LogP contribution in [0.1, 0.15) is 5.56 Å². The van der Waals surface area contributed by atoms with Gasteiger partial charge >= 0.3 is 0 Å². The summed E-state index contributed by atoms with van der Waals surface area (Å²) in [6, 6.07) is 3.97. The van der Waals surface area contributed by atoms with Gasteiger partial charge in [0.15, 0.2) is 0 Å². The highest BCUT2D eigenvalue weighted by molar-refractivity contribution is 5.79. The summed E-state index contributed by atoms with van der Waals surface area (Å²) in [6.07, 6.45) is 4.46. The Kier molecular flexibility index (Phi) is 6.69. The molecule has 0 unspecified atom stereocenters. The molecule has 6 heteroatoms. The minimum absolute atomic E-state index is 0.580. The molecule has 6 nitrogen and oxygen atoms in total. The molecule has 0 aliphatic heterocycles. The first kappa shape index (κ1) is 13.4. The van der Waals surface area contributed by atoms with E-state index in [0.29, 0.717) is 19.1 Å². The highest BCUT2D eigenvalue weighted by Gasteiger charge is 1.96. The fourth-order valence-electron chi connectivity index (χ4n) is 1.28. The van der Waals surface area contributed by atoms with E-state index < -0.39 is 0 Å². The second kappa shape index (κ2) is 8.49. The van der Waals surface area contributed by atoms with E-state index in [1.807, 2.05) is 12.1 Å². The molecule has 1 rings (SSSR count). The Morgan fingerprint density at radius 3 is 2.88 bits per heavy atom. The van der Waals surface area contributed by atoms with Crippen molar-refractivity contribution in [1.29, 1.82) is 0 Å². The molecule has 17 heavy (non-hydrogen) atoms. The lowest BCUT2D eigenvalue weighted by Crippen LogP contribution is -2.42. The molecule has 0 fully saturated rings. The van der Waals surface area contributed by atoms with Gasteiger partial charge in [0.1, 0.15) is 0 Å². The van der Waals surface area contributed by atoms with Crippen molar-refractivity contribution in [2.75, 3.05) is 26.8 Å². The summed E-state index contributed by atoms with van der Waals surface area (Å²) in [7, 11) is 1.64. The van der Waals surface area contributed by atoms with Gasteiger partial charge in [-0.1, -0.05) is 0 Å². The normalized spacial score (nSPS) is 11.3. The topological polar surface area (TPSA) is 84.6 Å². The first-order valence-corrected chi connectivity index (χ1v) is 5.49. The molecule has 1 aromatic rings. The SMILES string of the molecule is COCCN=C(NN)NCCc1ccncc1. The minimum Gasteiger partial charge on any atom is -0.383 e. The highest BCUT2D eigenvalue weighted by Crippen LogP contribution is 1.95. The van der Waals surface area contributed by atoms with Crippen LogP contribution in [0.3, 0.4) is 0 Å². The molecule has 4 N–H and O–H groups in total. The molecule has 0 saturated carbocycles. The van der Waals surface area contributed by atoms with Crippen LogP contribution >= 0.6 is 0 Å². The van der Waals surface area contributed by atoms with Gasteiger partial charge in [0, 0.05) is 26.0 Å². The maximum Gasteiger partial charge on any atom is 0.205 e. The van der Waals surface area contributed by atoms with Gasteiger partial charge in [-0.2, -0.15) is 0 Å². The summed E-state index contributed by atoms with van der Waals surface area (Å²) in [5, 5.41) is 3.11. The number of nitrogens with zero attached hydrogens (tertiary/aromatic N) is 2. The fraction of sp³-hybridized carbons (Fsp3) is 0.455. The van der Waals surface area contributed by atoms with Crippen molar-refractivity contribution in [3.63, 3.8) is 0 Å². The Hall–Kier alpha value is -1.66. The number of guanidine groups is 1. The van der Waals surface area contributed by atoms with Crippen LogP contribution in [-0.4, -0.2) is 37.7 Å². The highest BCUT2D eigenvalue weighted by atomic mass is 16.5. The molecular weight excluding hydrogens is 218 g/mol. The summed E-state index contributed by atoms with van der Waals surface area (Å²) in [5.41, 5.74) is 3.74. The van der Waals surface area contributed by atoms with E-state index in [9.17, 15) is 0 Å². The molecule has 1 aromatic heterocycles. The molecule has 1 heterocycles. The third-order valence-electron chi connectivity index (χ3n) is 2.16. The average Bonchev–Trinajstić information content (AvgIpc) is 2.38. The van der Waals surface area contributed by atoms with Crippen molar-refractivity contribution in [2.45, 2.75) is 6.42 Å². The lowest BCUT2D eigenvalue weighted by molar-refractivity contribution is 0.208. The van der Waals surface area contributed by atoms with Gasteiger partial charge < -0.3 is 10.1 Å². The van der Waals surface area contributed by atoms with Gasteiger partial charge in [0.2, 0.25) is 5.96 Å². The van der Waals surface area contributed by atoms with Gasteiger partial charge in [-0.25, -0.2) is 10.8 Å². The van der Waals surface area contributed by atoms with Crippen LogP contribution in [0.25, 0.3) is 0 Å². The Labute approximate surface area is 101 Å². The summed E-state index contributed by atoms with van der Waals surface area (Å²) in [4.78, 5) is 8.16. The lowest BCUT2D eigenvalue weighted by atomic mass is 10.2. The molecule has 0 aliphatic rings. The number of nitrogens with one attached hydrogen (secondary N) is 2. The number of ether oxygens (including phenoxy) is 1. The fourth-order valence-corrected chi connectivity index (χ4v) is 1.28. The maximum atomic E-state index is 5.34. The zero-order valence-electron chi connectivity index (χ0n) is 10.0. The van der Waals surface area contributed by atoms with E-state index in [4.69, 9.17) is 10.6 Å². The van der Waals surface area contributed by atoms with Crippen LogP contribution in [0.2, 0.25) is 0 Å². The smallest absolute Gasteiger partial charge is 0.205 e. The van der Waals surface area contributed by atoms with Crippen molar-refractivity contribution in [2.24, 2.45) is 10.8 Å². The van der Waals surface area contributed by atoms with Gasteiger partial charge in [-0.3, -0.25) is 10.4 Å². The second-order valence-electron chi connectivity index (χ2n) is 3.40. The molecule has 0 atom stereocenters. The van der Waals surface area contributed by atoms with Gasteiger partial charge in [-0.15, -0.1) is 0 Å². The van der Waals surface area contributed by atoms with Gasteiger partial charge in [0.05, 0.1) is 13.2 Å². The second-order valence-corrected chi connectivity index (χ2v) is 3.40. The summed E-state index contributed by atoms with van der Waals surface area (Å²) in [5.74, 6) is 5.92.